The largest absolute Gasteiger partial charge is 0.469 e. The number of allylic oxidation sites excluding steroid dienone is 1. The molecule has 0 unspecified atom stereocenters. The SMILES string of the molecule is COC(=O)C/C(C)=C/C[C@@]1(C)CC(=O)CC(C)(C)C1=O. The summed E-state index contributed by atoms with van der Waals surface area (Å²) in [6, 6.07) is 0. The van der Waals surface area contributed by atoms with E-state index in [4.69, 9.17) is 0 Å². The molecule has 4 heteroatoms. The van der Waals surface area contributed by atoms with Gasteiger partial charge in [0.25, 0.3) is 0 Å². The fourth-order valence-electron chi connectivity index (χ4n) is 2.90. The molecule has 1 fully saturated rings. The number of hydrogen-bond donors (Lipinski definition) is 0. The molecule has 0 saturated heterocycles. The molecule has 0 aromatic heterocycles. The molecule has 0 bridgehead atoms. The number of ether oxygens (including phenoxy) is 1. The molecule has 0 radical (unpaired) electrons. The molecule has 4 nitrogen and oxygen atoms in total. The minimum absolute atomic E-state index is 0.131. The lowest BCUT2D eigenvalue weighted by molar-refractivity contribution is -0.147. The maximum absolute atomic E-state index is 12.5. The van der Waals surface area contributed by atoms with Crippen molar-refractivity contribution in [3.8, 4) is 0 Å². The Bertz CT molecular complexity index is 459. The first-order valence-corrected chi connectivity index (χ1v) is 6.90. The fourth-order valence-corrected chi connectivity index (χ4v) is 2.90. The lowest BCUT2D eigenvalue weighted by atomic mass is 9.61. The van der Waals surface area contributed by atoms with E-state index in [2.05, 4.69) is 4.74 Å². The maximum atomic E-state index is 12.5. The molecule has 112 valence electrons. The molecular weight excluding hydrogens is 256 g/mol. The van der Waals surface area contributed by atoms with Crippen LogP contribution in [-0.4, -0.2) is 24.6 Å². The van der Waals surface area contributed by atoms with Gasteiger partial charge in [-0.05, 0) is 13.3 Å². The van der Waals surface area contributed by atoms with Gasteiger partial charge in [0.05, 0.1) is 13.5 Å². The third kappa shape index (κ3) is 3.78. The van der Waals surface area contributed by atoms with E-state index in [0.29, 0.717) is 12.8 Å². The first-order chi connectivity index (χ1) is 9.10. The quantitative estimate of drug-likeness (QED) is 0.587. The molecule has 0 spiro atoms. The molecule has 1 aliphatic rings. The van der Waals surface area contributed by atoms with Crippen LogP contribution in [0.5, 0.6) is 0 Å². The van der Waals surface area contributed by atoms with Crippen molar-refractivity contribution < 1.29 is 19.1 Å². The highest BCUT2D eigenvalue weighted by atomic mass is 16.5. The summed E-state index contributed by atoms with van der Waals surface area (Å²) in [7, 11) is 1.35. The van der Waals surface area contributed by atoms with Crippen molar-refractivity contribution >= 4 is 17.5 Å². The van der Waals surface area contributed by atoms with Gasteiger partial charge in [-0.15, -0.1) is 0 Å². The summed E-state index contributed by atoms with van der Waals surface area (Å²) in [4.78, 5) is 35.6. The van der Waals surface area contributed by atoms with Crippen LogP contribution in [0.4, 0.5) is 0 Å². The van der Waals surface area contributed by atoms with Gasteiger partial charge in [0.15, 0.2) is 0 Å². The van der Waals surface area contributed by atoms with Crippen LogP contribution in [0, 0.1) is 10.8 Å². The van der Waals surface area contributed by atoms with Crippen LogP contribution in [0.1, 0.15) is 53.4 Å². The van der Waals surface area contributed by atoms with Gasteiger partial charge in [0, 0.05) is 23.7 Å². The van der Waals surface area contributed by atoms with Crippen LogP contribution in [0.2, 0.25) is 0 Å². The van der Waals surface area contributed by atoms with Gasteiger partial charge < -0.3 is 4.74 Å². The lowest BCUT2D eigenvalue weighted by Crippen LogP contribution is -2.46. The van der Waals surface area contributed by atoms with Crippen LogP contribution < -0.4 is 0 Å². The van der Waals surface area contributed by atoms with Gasteiger partial charge in [-0.3, -0.25) is 14.4 Å². The Balaban J connectivity index is 2.83. The van der Waals surface area contributed by atoms with Crippen molar-refractivity contribution in [1.29, 1.82) is 0 Å². The molecule has 0 amide bonds. The van der Waals surface area contributed by atoms with Crippen molar-refractivity contribution in [1.82, 2.24) is 0 Å². The van der Waals surface area contributed by atoms with Gasteiger partial charge >= 0.3 is 5.97 Å². The summed E-state index contributed by atoms with van der Waals surface area (Å²) in [6.07, 6.45) is 3.20. The number of hydrogen-bond acceptors (Lipinski definition) is 4. The third-order valence-corrected chi connectivity index (χ3v) is 3.94. The highest BCUT2D eigenvalue weighted by Gasteiger charge is 2.48. The zero-order chi connectivity index (χ0) is 15.6. The van der Waals surface area contributed by atoms with Gasteiger partial charge in [-0.1, -0.05) is 32.4 Å². The first-order valence-electron chi connectivity index (χ1n) is 6.90. The van der Waals surface area contributed by atoms with E-state index in [1.54, 1.807) is 0 Å². The normalized spacial score (nSPS) is 26.6. The Morgan fingerprint density at radius 3 is 2.40 bits per heavy atom. The molecule has 0 aromatic carbocycles. The van der Waals surface area contributed by atoms with E-state index in [-0.39, 0.29) is 30.4 Å². The molecule has 0 heterocycles. The fraction of sp³-hybridized carbons (Fsp3) is 0.688. The predicted molar refractivity (Wildman–Crippen MR) is 76.1 cm³/mol. The number of methoxy groups -OCH3 is 1. The van der Waals surface area contributed by atoms with E-state index in [1.807, 2.05) is 33.8 Å². The minimum Gasteiger partial charge on any atom is -0.469 e. The minimum atomic E-state index is -0.657. The van der Waals surface area contributed by atoms with E-state index >= 15 is 0 Å². The highest BCUT2D eigenvalue weighted by molar-refractivity contribution is 6.00. The Labute approximate surface area is 120 Å². The van der Waals surface area contributed by atoms with Gasteiger partial charge in [-0.2, -0.15) is 0 Å². The third-order valence-electron chi connectivity index (χ3n) is 3.94. The standard InChI is InChI=1S/C16H24O4/c1-11(8-13(18)20-5)6-7-16(4)10-12(17)9-15(2,3)14(16)19/h6H,7-10H2,1-5H3/b11-6+/t16-/m0/s1. The predicted octanol–water partition coefficient (Wildman–Crippen LogP) is 2.85. The molecule has 1 rings (SSSR count). The molecule has 1 atom stereocenters. The molecular formula is C16H24O4. The summed E-state index contributed by atoms with van der Waals surface area (Å²) in [5.41, 5.74) is -0.383. The van der Waals surface area contributed by atoms with E-state index < -0.39 is 10.8 Å². The van der Waals surface area contributed by atoms with Crippen LogP contribution in [0.25, 0.3) is 0 Å². The van der Waals surface area contributed by atoms with Crippen molar-refractivity contribution in [3.63, 3.8) is 0 Å². The first kappa shape index (κ1) is 16.6. The smallest absolute Gasteiger partial charge is 0.309 e. The summed E-state index contributed by atoms with van der Waals surface area (Å²) >= 11 is 0. The second-order valence-corrected chi connectivity index (χ2v) is 6.67. The number of carbonyl (C=O) groups is 3. The van der Waals surface area contributed by atoms with Crippen LogP contribution in [0.3, 0.4) is 0 Å². The second-order valence-electron chi connectivity index (χ2n) is 6.67. The van der Waals surface area contributed by atoms with Gasteiger partial charge in [-0.25, -0.2) is 0 Å². The molecule has 1 aliphatic carbocycles. The molecule has 0 aromatic rings. The summed E-state index contributed by atoms with van der Waals surface area (Å²) in [6.45, 7) is 7.34. The van der Waals surface area contributed by atoms with Gasteiger partial charge in [0.1, 0.15) is 11.6 Å². The Hall–Kier alpha value is -1.45. The van der Waals surface area contributed by atoms with Crippen LogP contribution >= 0.6 is 0 Å². The Kier molecular flexibility index (Phi) is 4.90. The van der Waals surface area contributed by atoms with Crippen LogP contribution in [0.15, 0.2) is 11.6 Å². The Morgan fingerprint density at radius 1 is 1.25 bits per heavy atom. The molecule has 0 aliphatic heterocycles. The Morgan fingerprint density at radius 2 is 1.85 bits per heavy atom. The topological polar surface area (TPSA) is 60.4 Å². The van der Waals surface area contributed by atoms with Crippen LogP contribution in [-0.2, 0) is 19.1 Å². The van der Waals surface area contributed by atoms with E-state index in [9.17, 15) is 14.4 Å². The lowest BCUT2D eigenvalue weighted by Gasteiger charge is -2.39. The average Bonchev–Trinajstić information content (AvgIpc) is 2.33. The monoisotopic (exact) mass is 280 g/mol. The van der Waals surface area contributed by atoms with Crippen molar-refractivity contribution in [3.05, 3.63) is 11.6 Å². The maximum Gasteiger partial charge on any atom is 0.309 e. The number of Topliss-reactive ketones (excluding diaryl/α,β-unsaturated/α-hetero) is 2. The van der Waals surface area contributed by atoms with Crippen molar-refractivity contribution in [2.75, 3.05) is 7.11 Å². The molecule has 20 heavy (non-hydrogen) atoms. The van der Waals surface area contributed by atoms with E-state index in [1.165, 1.54) is 7.11 Å². The van der Waals surface area contributed by atoms with E-state index in [0.717, 1.165) is 5.57 Å². The molecule has 1 saturated carbocycles. The average molecular weight is 280 g/mol. The summed E-state index contributed by atoms with van der Waals surface area (Å²) in [5.74, 6) is -0.0295. The molecule has 0 N–H and O–H groups in total. The number of rotatable bonds is 4. The number of esters is 1. The van der Waals surface area contributed by atoms with Gasteiger partial charge in [0.2, 0.25) is 0 Å². The highest BCUT2D eigenvalue weighted by Crippen LogP contribution is 2.43. The summed E-state index contributed by atoms with van der Waals surface area (Å²) in [5, 5.41) is 0. The second kappa shape index (κ2) is 5.90. The zero-order valence-corrected chi connectivity index (χ0v) is 13.0. The summed E-state index contributed by atoms with van der Waals surface area (Å²) < 4.78 is 4.61. The number of ketones is 2. The number of carbonyl (C=O) groups excluding carboxylic acids is 3. The van der Waals surface area contributed by atoms with Crippen molar-refractivity contribution in [2.45, 2.75) is 53.4 Å². The zero-order valence-electron chi connectivity index (χ0n) is 13.0. The van der Waals surface area contributed by atoms with Crippen molar-refractivity contribution in [2.24, 2.45) is 10.8 Å².